The van der Waals surface area contributed by atoms with Gasteiger partial charge < -0.3 is 4.74 Å². The van der Waals surface area contributed by atoms with Crippen molar-refractivity contribution in [2.45, 2.75) is 40.0 Å². The Morgan fingerprint density at radius 2 is 1.92 bits per heavy atom. The highest BCUT2D eigenvalue weighted by Crippen LogP contribution is 2.29. The van der Waals surface area contributed by atoms with E-state index in [0.29, 0.717) is 17.1 Å². The second kappa shape index (κ2) is 7.04. The predicted molar refractivity (Wildman–Crippen MR) is 103 cm³/mol. The minimum atomic E-state index is 0.406. The Kier molecular flexibility index (Phi) is 5.00. The number of methoxy groups -OCH3 is 1. The van der Waals surface area contributed by atoms with Crippen LogP contribution in [-0.2, 0) is 6.42 Å². The predicted octanol–water partition coefficient (Wildman–Crippen LogP) is 5.40. The average Bonchev–Trinajstić information content (AvgIpc) is 2.88. The first-order valence-corrected chi connectivity index (χ1v) is 8.99. The van der Waals surface area contributed by atoms with E-state index in [1.807, 2.05) is 29.0 Å². The lowest BCUT2D eigenvalue weighted by molar-refractivity contribution is 0.415. The van der Waals surface area contributed by atoms with Crippen molar-refractivity contribution in [3.8, 4) is 11.6 Å². The second-order valence-corrected chi connectivity index (χ2v) is 7.40. The van der Waals surface area contributed by atoms with Crippen LogP contribution in [0.1, 0.15) is 44.7 Å². The number of pyridine rings is 1. The van der Waals surface area contributed by atoms with Crippen molar-refractivity contribution in [2.24, 2.45) is 5.92 Å². The maximum Gasteiger partial charge on any atom is 0.209 e. The van der Waals surface area contributed by atoms with Gasteiger partial charge in [0.05, 0.1) is 18.1 Å². The molecule has 132 valence electrons. The first kappa shape index (κ1) is 17.7. The molecular weight excluding hydrogens is 334 g/mol. The van der Waals surface area contributed by atoms with Gasteiger partial charge in [-0.05, 0) is 59.2 Å². The fourth-order valence-corrected chi connectivity index (χ4v) is 3.39. The van der Waals surface area contributed by atoms with E-state index in [0.717, 1.165) is 29.0 Å². The van der Waals surface area contributed by atoms with Crippen LogP contribution in [0.25, 0.3) is 16.9 Å². The summed E-state index contributed by atoms with van der Waals surface area (Å²) in [4.78, 5) is 9.12. The summed E-state index contributed by atoms with van der Waals surface area (Å²) in [6.45, 7) is 8.86. The molecule has 0 aliphatic rings. The fraction of sp³-hybridized carbons (Fsp3) is 0.400. The summed E-state index contributed by atoms with van der Waals surface area (Å²) < 4.78 is 7.23. The van der Waals surface area contributed by atoms with Crippen molar-refractivity contribution in [1.82, 2.24) is 14.5 Å². The first-order chi connectivity index (χ1) is 11.9. The molecule has 1 aromatic carbocycles. The summed E-state index contributed by atoms with van der Waals surface area (Å²) in [5.41, 5.74) is 4.32. The maximum atomic E-state index is 6.43. The van der Waals surface area contributed by atoms with Gasteiger partial charge in [-0.25, -0.2) is 9.97 Å². The average molecular weight is 358 g/mol. The smallest absolute Gasteiger partial charge is 0.209 e. The number of ether oxygens (including phenoxy) is 1. The lowest BCUT2D eigenvalue weighted by atomic mass is 9.93. The highest BCUT2D eigenvalue weighted by Gasteiger charge is 2.16. The number of benzene rings is 1. The summed E-state index contributed by atoms with van der Waals surface area (Å²) in [6, 6.07) is 7.87. The molecule has 3 rings (SSSR count). The highest BCUT2D eigenvalue weighted by atomic mass is 35.5. The molecule has 0 fully saturated rings. The SMILES string of the molecule is COc1ccc2nc(Cl)n(-c3cc(CC(C)C)c(C(C)C)cn3)c2c1. The zero-order valence-electron chi connectivity index (χ0n) is 15.4. The van der Waals surface area contributed by atoms with E-state index in [1.165, 1.54) is 11.1 Å². The van der Waals surface area contributed by atoms with E-state index in [1.54, 1.807) is 7.11 Å². The van der Waals surface area contributed by atoms with E-state index < -0.39 is 0 Å². The number of halogens is 1. The third kappa shape index (κ3) is 3.49. The molecule has 0 aliphatic heterocycles. The fourth-order valence-electron chi connectivity index (χ4n) is 3.12. The zero-order valence-corrected chi connectivity index (χ0v) is 16.1. The molecule has 5 heteroatoms. The Labute approximate surface area is 153 Å². The Morgan fingerprint density at radius 1 is 1.16 bits per heavy atom. The second-order valence-electron chi connectivity index (χ2n) is 7.06. The molecule has 0 saturated carbocycles. The van der Waals surface area contributed by atoms with Gasteiger partial charge in [-0.15, -0.1) is 0 Å². The van der Waals surface area contributed by atoms with Crippen LogP contribution in [0.3, 0.4) is 0 Å². The summed E-state index contributed by atoms with van der Waals surface area (Å²) >= 11 is 6.43. The highest BCUT2D eigenvalue weighted by molar-refractivity contribution is 6.29. The van der Waals surface area contributed by atoms with Crippen molar-refractivity contribution in [2.75, 3.05) is 7.11 Å². The minimum absolute atomic E-state index is 0.406. The first-order valence-electron chi connectivity index (χ1n) is 8.62. The topological polar surface area (TPSA) is 39.9 Å². The summed E-state index contributed by atoms with van der Waals surface area (Å²) in [5.74, 6) is 2.57. The van der Waals surface area contributed by atoms with Crippen molar-refractivity contribution < 1.29 is 4.74 Å². The Balaban J connectivity index is 2.19. The third-order valence-corrected chi connectivity index (χ3v) is 4.56. The van der Waals surface area contributed by atoms with Gasteiger partial charge in [0.1, 0.15) is 11.6 Å². The molecule has 4 nitrogen and oxygen atoms in total. The molecule has 0 unspecified atom stereocenters. The molecule has 0 spiro atoms. The molecule has 0 saturated heterocycles. The number of imidazole rings is 1. The molecule has 2 heterocycles. The van der Waals surface area contributed by atoms with Gasteiger partial charge in [0, 0.05) is 12.3 Å². The van der Waals surface area contributed by atoms with Crippen LogP contribution in [0.2, 0.25) is 5.28 Å². The number of hydrogen-bond acceptors (Lipinski definition) is 3. The van der Waals surface area contributed by atoms with Gasteiger partial charge >= 0.3 is 0 Å². The Morgan fingerprint density at radius 3 is 2.56 bits per heavy atom. The Bertz CT molecular complexity index is 899. The van der Waals surface area contributed by atoms with Crippen LogP contribution in [0.15, 0.2) is 30.5 Å². The van der Waals surface area contributed by atoms with Crippen LogP contribution >= 0.6 is 11.6 Å². The molecule has 0 aliphatic carbocycles. The number of hydrogen-bond donors (Lipinski definition) is 0. The standard InChI is InChI=1S/C20H24ClN3O/c1-12(2)8-14-9-19(22-11-16(14)13(3)4)24-18-10-15(25-5)6-7-17(18)23-20(24)21/h6-7,9-13H,8H2,1-5H3. The van der Waals surface area contributed by atoms with Gasteiger partial charge in [0.25, 0.3) is 0 Å². The van der Waals surface area contributed by atoms with Crippen LogP contribution in [0, 0.1) is 5.92 Å². The number of fused-ring (bicyclic) bond motifs is 1. The maximum absolute atomic E-state index is 6.43. The Hall–Kier alpha value is -2.07. The number of nitrogens with zero attached hydrogens (tertiary/aromatic N) is 3. The van der Waals surface area contributed by atoms with Crippen molar-refractivity contribution in [1.29, 1.82) is 0 Å². The van der Waals surface area contributed by atoms with Crippen molar-refractivity contribution >= 4 is 22.6 Å². The van der Waals surface area contributed by atoms with Crippen molar-refractivity contribution in [3.05, 3.63) is 46.9 Å². The van der Waals surface area contributed by atoms with Gasteiger partial charge in [0.2, 0.25) is 5.28 Å². The number of aromatic nitrogens is 3. The largest absolute Gasteiger partial charge is 0.497 e. The molecule has 0 atom stereocenters. The van der Waals surface area contributed by atoms with E-state index in [9.17, 15) is 0 Å². The van der Waals surface area contributed by atoms with Gasteiger partial charge in [-0.2, -0.15) is 0 Å². The third-order valence-electron chi connectivity index (χ3n) is 4.31. The zero-order chi connectivity index (χ0) is 18.1. The van der Waals surface area contributed by atoms with E-state index in [4.69, 9.17) is 16.3 Å². The van der Waals surface area contributed by atoms with Gasteiger partial charge in [-0.3, -0.25) is 4.57 Å². The summed E-state index contributed by atoms with van der Waals surface area (Å²) in [5, 5.41) is 0.406. The van der Waals surface area contributed by atoms with E-state index in [2.05, 4.69) is 43.7 Å². The molecule has 2 aromatic heterocycles. The summed E-state index contributed by atoms with van der Waals surface area (Å²) in [7, 11) is 1.65. The monoisotopic (exact) mass is 357 g/mol. The molecule has 0 radical (unpaired) electrons. The normalized spacial score (nSPS) is 11.7. The lowest BCUT2D eigenvalue weighted by Gasteiger charge is -2.16. The quantitative estimate of drug-likeness (QED) is 0.613. The molecule has 0 N–H and O–H groups in total. The van der Waals surface area contributed by atoms with Crippen LogP contribution in [0.5, 0.6) is 5.75 Å². The van der Waals surface area contributed by atoms with E-state index >= 15 is 0 Å². The van der Waals surface area contributed by atoms with Crippen LogP contribution < -0.4 is 4.74 Å². The molecule has 0 bridgehead atoms. The molecule has 3 aromatic rings. The van der Waals surface area contributed by atoms with Gasteiger partial charge in [-0.1, -0.05) is 27.7 Å². The van der Waals surface area contributed by atoms with Gasteiger partial charge in [0.15, 0.2) is 0 Å². The molecule has 0 amide bonds. The molecule has 25 heavy (non-hydrogen) atoms. The van der Waals surface area contributed by atoms with Crippen molar-refractivity contribution in [3.63, 3.8) is 0 Å². The van der Waals surface area contributed by atoms with E-state index in [-0.39, 0.29) is 0 Å². The lowest BCUT2D eigenvalue weighted by Crippen LogP contribution is -2.06. The molecular formula is C20H24ClN3O. The van der Waals surface area contributed by atoms with Crippen LogP contribution in [-0.4, -0.2) is 21.6 Å². The summed E-state index contributed by atoms with van der Waals surface area (Å²) in [6.07, 6.45) is 2.98. The minimum Gasteiger partial charge on any atom is -0.497 e. The van der Waals surface area contributed by atoms with Crippen LogP contribution in [0.4, 0.5) is 0 Å². The number of rotatable bonds is 5.